The zero-order valence-corrected chi connectivity index (χ0v) is 10.5. The van der Waals surface area contributed by atoms with Crippen LogP contribution >= 0.6 is 15.9 Å². The van der Waals surface area contributed by atoms with Gasteiger partial charge in [-0.05, 0) is 25.0 Å². The summed E-state index contributed by atoms with van der Waals surface area (Å²) in [4.78, 5) is 15.5. The maximum Gasteiger partial charge on any atom is 0.223 e. The predicted molar refractivity (Wildman–Crippen MR) is 66.2 cm³/mol. The smallest absolute Gasteiger partial charge is 0.223 e. The Hall–Kier alpha value is -1.10. The first kappa shape index (κ1) is 11.4. The van der Waals surface area contributed by atoms with Gasteiger partial charge in [-0.2, -0.15) is 0 Å². The van der Waals surface area contributed by atoms with Crippen molar-refractivity contribution in [2.45, 2.75) is 12.8 Å². The number of halogens is 1. The largest absolute Gasteiger partial charge is 0.368 e. The quantitative estimate of drug-likeness (QED) is 0.810. The van der Waals surface area contributed by atoms with Crippen molar-refractivity contribution >= 4 is 27.7 Å². The van der Waals surface area contributed by atoms with Crippen LogP contribution in [0.5, 0.6) is 0 Å². The highest BCUT2D eigenvalue weighted by atomic mass is 79.9. The lowest BCUT2D eigenvalue weighted by molar-refractivity contribution is -0.122. The van der Waals surface area contributed by atoms with Crippen molar-refractivity contribution in [1.29, 1.82) is 0 Å². The molecule has 0 unspecified atom stereocenters. The Morgan fingerprint density at radius 2 is 2.31 bits per heavy atom. The van der Waals surface area contributed by atoms with E-state index in [0.717, 1.165) is 23.1 Å². The standard InChI is InChI=1S/C11H14BrN3O/c12-9-3-4-13-10(7-9)14-5-6-15-11(16)8-1-2-8/h3-4,7-8H,1-2,5-6H2,(H,13,14)(H,15,16). The lowest BCUT2D eigenvalue weighted by Crippen LogP contribution is -2.29. The van der Waals surface area contributed by atoms with Crippen molar-refractivity contribution in [2.24, 2.45) is 5.92 Å². The molecule has 0 bridgehead atoms. The molecule has 86 valence electrons. The van der Waals surface area contributed by atoms with Crippen LogP contribution in [0.1, 0.15) is 12.8 Å². The maximum atomic E-state index is 11.3. The number of amides is 1. The third kappa shape index (κ3) is 3.48. The van der Waals surface area contributed by atoms with Gasteiger partial charge < -0.3 is 10.6 Å². The summed E-state index contributed by atoms with van der Waals surface area (Å²) in [5.74, 6) is 1.28. The van der Waals surface area contributed by atoms with Crippen LogP contribution in [0.2, 0.25) is 0 Å². The van der Waals surface area contributed by atoms with Gasteiger partial charge in [0, 0.05) is 29.7 Å². The number of carbonyl (C=O) groups excluding carboxylic acids is 1. The van der Waals surface area contributed by atoms with Crippen molar-refractivity contribution in [3.8, 4) is 0 Å². The zero-order chi connectivity index (χ0) is 11.4. The van der Waals surface area contributed by atoms with Gasteiger partial charge in [-0.1, -0.05) is 15.9 Å². The van der Waals surface area contributed by atoms with E-state index < -0.39 is 0 Å². The van der Waals surface area contributed by atoms with Gasteiger partial charge in [0.25, 0.3) is 0 Å². The number of rotatable bonds is 5. The average molecular weight is 284 g/mol. The molecule has 1 saturated carbocycles. The van der Waals surface area contributed by atoms with E-state index >= 15 is 0 Å². The van der Waals surface area contributed by atoms with E-state index in [4.69, 9.17) is 0 Å². The molecule has 0 aromatic carbocycles. The normalized spacial score (nSPS) is 14.6. The van der Waals surface area contributed by atoms with E-state index in [1.165, 1.54) is 0 Å². The van der Waals surface area contributed by atoms with E-state index in [9.17, 15) is 4.79 Å². The van der Waals surface area contributed by atoms with Crippen LogP contribution in [0.4, 0.5) is 5.82 Å². The first-order valence-electron chi connectivity index (χ1n) is 5.39. The second-order valence-electron chi connectivity index (χ2n) is 3.85. The van der Waals surface area contributed by atoms with Gasteiger partial charge in [0.1, 0.15) is 5.82 Å². The number of hydrogen-bond donors (Lipinski definition) is 2. The molecule has 2 rings (SSSR count). The predicted octanol–water partition coefficient (Wildman–Crippen LogP) is 1.78. The Balaban J connectivity index is 1.65. The maximum absolute atomic E-state index is 11.3. The van der Waals surface area contributed by atoms with Crippen molar-refractivity contribution in [3.63, 3.8) is 0 Å². The van der Waals surface area contributed by atoms with Gasteiger partial charge in [0.15, 0.2) is 0 Å². The molecule has 0 atom stereocenters. The number of pyridine rings is 1. The molecule has 0 spiro atoms. The van der Waals surface area contributed by atoms with Gasteiger partial charge in [-0.3, -0.25) is 4.79 Å². The molecule has 1 aromatic rings. The molecule has 0 saturated heterocycles. The first-order chi connectivity index (χ1) is 7.75. The van der Waals surface area contributed by atoms with Gasteiger partial charge in [-0.25, -0.2) is 4.98 Å². The molecule has 1 aliphatic rings. The fourth-order valence-electron chi connectivity index (χ4n) is 1.37. The third-order valence-corrected chi connectivity index (χ3v) is 2.89. The van der Waals surface area contributed by atoms with Crippen LogP contribution in [-0.4, -0.2) is 24.0 Å². The molecule has 16 heavy (non-hydrogen) atoms. The summed E-state index contributed by atoms with van der Waals surface area (Å²) in [6.45, 7) is 1.34. The van der Waals surface area contributed by atoms with Crippen LogP contribution in [0.3, 0.4) is 0 Å². The van der Waals surface area contributed by atoms with Gasteiger partial charge in [-0.15, -0.1) is 0 Å². The SMILES string of the molecule is O=C(NCCNc1cc(Br)ccn1)C1CC1. The van der Waals surface area contributed by atoms with Crippen molar-refractivity contribution < 1.29 is 4.79 Å². The second kappa shape index (κ2) is 5.30. The highest BCUT2D eigenvalue weighted by Gasteiger charge is 2.28. The Kier molecular flexibility index (Phi) is 3.77. The molecule has 1 heterocycles. The Morgan fingerprint density at radius 1 is 1.50 bits per heavy atom. The number of aromatic nitrogens is 1. The summed E-state index contributed by atoms with van der Waals surface area (Å²) in [6, 6.07) is 3.78. The molecule has 5 heteroatoms. The summed E-state index contributed by atoms with van der Waals surface area (Å²) in [5, 5.41) is 6.03. The fourth-order valence-corrected chi connectivity index (χ4v) is 1.70. The topological polar surface area (TPSA) is 54.0 Å². The van der Waals surface area contributed by atoms with Crippen LogP contribution in [0.25, 0.3) is 0 Å². The minimum Gasteiger partial charge on any atom is -0.368 e. The lowest BCUT2D eigenvalue weighted by Gasteiger charge is -2.06. The van der Waals surface area contributed by atoms with Gasteiger partial charge in [0.05, 0.1) is 0 Å². The number of nitrogens with one attached hydrogen (secondary N) is 2. The Morgan fingerprint density at radius 3 is 3.00 bits per heavy atom. The highest BCUT2D eigenvalue weighted by molar-refractivity contribution is 9.10. The molecule has 0 radical (unpaired) electrons. The van der Waals surface area contributed by atoms with E-state index in [0.29, 0.717) is 13.1 Å². The number of nitrogens with zero attached hydrogens (tertiary/aromatic N) is 1. The van der Waals surface area contributed by atoms with Gasteiger partial charge in [0.2, 0.25) is 5.91 Å². The summed E-state index contributed by atoms with van der Waals surface area (Å²) < 4.78 is 0.993. The van der Waals surface area contributed by atoms with E-state index in [1.807, 2.05) is 12.1 Å². The zero-order valence-electron chi connectivity index (χ0n) is 8.87. The monoisotopic (exact) mass is 283 g/mol. The second-order valence-corrected chi connectivity index (χ2v) is 4.77. The van der Waals surface area contributed by atoms with Crippen LogP contribution in [-0.2, 0) is 4.79 Å². The minimum absolute atomic E-state index is 0.184. The van der Waals surface area contributed by atoms with Crippen molar-refractivity contribution in [3.05, 3.63) is 22.8 Å². The van der Waals surface area contributed by atoms with E-state index in [-0.39, 0.29) is 11.8 Å². The molecular formula is C11H14BrN3O. The third-order valence-electron chi connectivity index (χ3n) is 2.40. The molecule has 1 aliphatic carbocycles. The van der Waals surface area contributed by atoms with Crippen LogP contribution in [0.15, 0.2) is 22.8 Å². The summed E-state index contributed by atoms with van der Waals surface area (Å²) in [6.07, 6.45) is 3.83. The Bertz CT molecular complexity index is 379. The van der Waals surface area contributed by atoms with Crippen molar-refractivity contribution in [2.75, 3.05) is 18.4 Å². The van der Waals surface area contributed by atoms with Crippen LogP contribution < -0.4 is 10.6 Å². The molecular weight excluding hydrogens is 270 g/mol. The molecule has 1 fully saturated rings. The number of hydrogen-bond acceptors (Lipinski definition) is 3. The molecule has 0 aliphatic heterocycles. The van der Waals surface area contributed by atoms with Crippen LogP contribution in [0, 0.1) is 5.92 Å². The molecule has 1 aromatic heterocycles. The summed E-state index contributed by atoms with van der Waals surface area (Å²) in [5.41, 5.74) is 0. The number of carbonyl (C=O) groups is 1. The average Bonchev–Trinajstić information content (AvgIpc) is 3.08. The van der Waals surface area contributed by atoms with Crippen molar-refractivity contribution in [1.82, 2.24) is 10.3 Å². The molecule has 2 N–H and O–H groups in total. The summed E-state index contributed by atoms with van der Waals surface area (Å²) >= 11 is 3.37. The lowest BCUT2D eigenvalue weighted by atomic mass is 10.4. The Labute approximate surface area is 103 Å². The fraction of sp³-hybridized carbons (Fsp3) is 0.455. The first-order valence-corrected chi connectivity index (χ1v) is 6.18. The minimum atomic E-state index is 0.184. The van der Waals surface area contributed by atoms with E-state index in [1.54, 1.807) is 6.20 Å². The molecule has 4 nitrogen and oxygen atoms in total. The van der Waals surface area contributed by atoms with E-state index in [2.05, 4.69) is 31.5 Å². The summed E-state index contributed by atoms with van der Waals surface area (Å²) in [7, 11) is 0. The van der Waals surface area contributed by atoms with Gasteiger partial charge >= 0.3 is 0 Å². The molecule has 1 amide bonds. The highest BCUT2D eigenvalue weighted by Crippen LogP contribution is 2.28. The number of anilines is 1.